The molecule has 0 aliphatic carbocycles. The van der Waals surface area contributed by atoms with Crippen molar-refractivity contribution in [3.05, 3.63) is 131 Å². The van der Waals surface area contributed by atoms with Crippen molar-refractivity contribution >= 4 is 44.0 Å². The summed E-state index contributed by atoms with van der Waals surface area (Å²) >= 11 is 0. The van der Waals surface area contributed by atoms with Crippen LogP contribution in [-0.2, 0) is 63.7 Å². The van der Waals surface area contributed by atoms with E-state index in [1.165, 1.54) is 52.4 Å². The predicted octanol–water partition coefficient (Wildman–Crippen LogP) is 10.4. The Balaban J connectivity index is 0.000000396. The van der Waals surface area contributed by atoms with Crippen LogP contribution in [-0.4, -0.2) is 68.5 Å². The lowest BCUT2D eigenvalue weighted by Gasteiger charge is -2.24. The van der Waals surface area contributed by atoms with Gasteiger partial charge >= 0.3 is 6.09 Å². The highest BCUT2D eigenvalue weighted by atomic mass is 32.2. The molecular formula is C59H91N11O11S2. The van der Waals surface area contributed by atoms with Gasteiger partial charge in [-0.3, -0.25) is 10.0 Å². The zero-order valence-corrected chi connectivity index (χ0v) is 54.1. The van der Waals surface area contributed by atoms with Gasteiger partial charge in [-0.15, -0.1) is 0 Å². The number of carbonyl (C=O) groups is 1. The molecule has 0 aliphatic heterocycles. The Morgan fingerprint density at radius 3 is 1.13 bits per heavy atom. The number of aliphatic hydroxyl groups is 2. The first kappa shape index (κ1) is 72.3. The van der Waals surface area contributed by atoms with Crippen molar-refractivity contribution in [1.29, 1.82) is 0 Å². The molecule has 0 saturated heterocycles. The first-order chi connectivity index (χ1) is 36.8. The van der Waals surface area contributed by atoms with Gasteiger partial charge in [-0.2, -0.15) is 8.42 Å². The standard InChI is InChI=1S/C21H32N4O4S.C19H25N3O2.C12H21N3.C7H11NO4S.H2O/c1-13(25-30(27,28)17-10-14(12-29-17)21(8,9)26)22-18-23-15(19(2,3)4)11-16(24-18)20(5,6)7;1-18(2,3)14-12-15(19(4,5)6)21-16(20-14)22-17(23)24-13-10-8-7-9-11-13;1-11(2,3)8-7-9(12(4,5)6)15-10(13)14-8;1-7(2,9)5-3-6(12-4-5)13(8,10)11;/h10-12,25-26H,1H2,2-9H3,(H,22,23,24);7-12H,1-6H3,(H,20,21,22,23);7H,1-6H3,(H2,13,14,15);3-4,9H,1-2H3,(H2,8,10,11);1H2. The van der Waals surface area contributed by atoms with Crippen LogP contribution in [0.3, 0.4) is 0 Å². The second-order valence-corrected chi connectivity index (χ2v) is 30.0. The van der Waals surface area contributed by atoms with Crippen LogP contribution in [0.1, 0.15) is 198 Å². The van der Waals surface area contributed by atoms with Gasteiger partial charge in [0.25, 0.3) is 20.0 Å². The number of nitrogens with zero attached hydrogens (tertiary/aromatic N) is 6. The molecule has 0 fully saturated rings. The molecule has 0 saturated carbocycles. The molecule has 24 heteroatoms. The maximum atomic E-state index is 12.6. The number of nitrogen functional groups attached to an aromatic ring is 1. The fraction of sp³-hybridized carbons (Fsp3) is 0.508. The van der Waals surface area contributed by atoms with Gasteiger partial charge in [0.2, 0.25) is 28.0 Å². The lowest BCUT2D eigenvalue weighted by molar-refractivity contribution is 0.0773. The number of para-hydroxylation sites is 1. The second-order valence-electron chi connectivity index (χ2n) is 26.9. The van der Waals surface area contributed by atoms with Crippen LogP contribution in [0.4, 0.5) is 22.6 Å². The summed E-state index contributed by atoms with van der Waals surface area (Å²) in [6.45, 7) is 47.3. The van der Waals surface area contributed by atoms with Crippen molar-refractivity contribution in [3.8, 4) is 5.75 Å². The normalized spacial score (nSPS) is 12.6. The largest absolute Gasteiger partial charge is 0.451 e. The number of sulfonamides is 2. The smallest absolute Gasteiger partial charge is 0.419 e. The first-order valence-electron chi connectivity index (χ1n) is 26.4. The quantitative estimate of drug-likeness (QED) is 0.0670. The first-order valence-corrected chi connectivity index (χ1v) is 29.4. The summed E-state index contributed by atoms with van der Waals surface area (Å²) in [5, 5.41) is 29.1. The van der Waals surface area contributed by atoms with Gasteiger partial charge in [-0.1, -0.05) is 149 Å². The SMILES string of the molecule is C=C(Nc1nc(C(C)(C)C)cc(C(C)(C)C)n1)NS(=O)(=O)c1cc(C(C)(C)O)co1.CC(C)(C)c1cc(C(C)(C)C)nc(N)n1.CC(C)(C)c1cc(C(C)(C)C)nc(NC(=O)Oc2ccccc2)n1.CC(C)(O)c1coc(S(N)(=O)=O)c1.O. The number of benzene rings is 1. The lowest BCUT2D eigenvalue weighted by Crippen LogP contribution is -2.28. The molecule has 1 amide bonds. The van der Waals surface area contributed by atoms with Crippen molar-refractivity contribution in [2.45, 2.75) is 206 Å². The monoisotopic (exact) mass is 1190 g/mol. The van der Waals surface area contributed by atoms with Gasteiger partial charge in [0.15, 0.2) is 0 Å². The number of carbonyl (C=O) groups excluding carboxylic acids is 1. The number of ether oxygens (including phenoxy) is 1. The number of anilines is 3. The summed E-state index contributed by atoms with van der Waals surface area (Å²) in [6.07, 6.45) is 1.77. The van der Waals surface area contributed by atoms with E-state index in [0.29, 0.717) is 22.8 Å². The van der Waals surface area contributed by atoms with Gasteiger partial charge < -0.3 is 40.3 Å². The maximum absolute atomic E-state index is 12.6. The van der Waals surface area contributed by atoms with Gasteiger partial charge in [0.1, 0.15) is 11.6 Å². The van der Waals surface area contributed by atoms with E-state index in [4.69, 9.17) is 20.0 Å². The minimum atomic E-state index is -4.04. The highest BCUT2D eigenvalue weighted by Gasteiger charge is 2.29. The van der Waals surface area contributed by atoms with Crippen molar-refractivity contribution in [2.75, 3.05) is 16.4 Å². The number of nitrogens with two attached hydrogens (primary N) is 2. The number of furan rings is 2. The molecule has 460 valence electrons. The van der Waals surface area contributed by atoms with Crippen LogP contribution in [0.25, 0.3) is 0 Å². The molecule has 0 aliphatic rings. The number of rotatable bonds is 10. The maximum Gasteiger partial charge on any atom is 0.419 e. The zero-order valence-electron chi connectivity index (χ0n) is 52.5. The molecule has 83 heavy (non-hydrogen) atoms. The number of hydrogen-bond donors (Lipinski definition) is 7. The molecule has 0 unspecified atom stereocenters. The van der Waals surface area contributed by atoms with E-state index >= 15 is 0 Å². The highest BCUT2D eigenvalue weighted by molar-refractivity contribution is 7.89. The number of hydrogen-bond acceptors (Lipinski definition) is 18. The van der Waals surface area contributed by atoms with Crippen LogP contribution < -0.4 is 31.0 Å². The number of nitrogens with one attached hydrogen (secondary N) is 3. The topological polar surface area (TPSA) is 358 Å². The third-order valence-electron chi connectivity index (χ3n) is 11.6. The van der Waals surface area contributed by atoms with Gasteiger partial charge in [-0.25, -0.2) is 48.3 Å². The van der Waals surface area contributed by atoms with Crippen molar-refractivity contribution in [1.82, 2.24) is 34.6 Å². The van der Waals surface area contributed by atoms with Crippen LogP contribution in [0.2, 0.25) is 0 Å². The summed E-state index contributed by atoms with van der Waals surface area (Å²) < 4.78 is 64.1. The van der Waals surface area contributed by atoms with Crippen LogP contribution in [0.15, 0.2) is 105 Å². The van der Waals surface area contributed by atoms with Crippen LogP contribution in [0, 0.1) is 0 Å². The summed E-state index contributed by atoms with van der Waals surface area (Å²) in [6, 6.07) is 17.4. The van der Waals surface area contributed by atoms with Crippen LogP contribution in [0.5, 0.6) is 5.75 Å². The minimum absolute atomic E-state index is 0. The molecule has 6 rings (SSSR count). The van der Waals surface area contributed by atoms with Gasteiger partial charge in [0, 0.05) is 55.7 Å². The van der Waals surface area contributed by atoms with E-state index in [2.05, 4.69) is 145 Å². The van der Waals surface area contributed by atoms with Crippen molar-refractivity contribution < 1.29 is 50.9 Å². The lowest BCUT2D eigenvalue weighted by atomic mass is 9.86. The third kappa shape index (κ3) is 23.0. The fourth-order valence-electron chi connectivity index (χ4n) is 6.43. The molecule has 0 radical (unpaired) electrons. The number of amides is 1. The average molecular weight is 1190 g/mol. The van der Waals surface area contributed by atoms with Gasteiger partial charge in [-0.05, 0) is 58.0 Å². The predicted molar refractivity (Wildman–Crippen MR) is 325 cm³/mol. The zero-order chi connectivity index (χ0) is 63.2. The molecule has 5 heterocycles. The Morgan fingerprint density at radius 2 is 0.831 bits per heavy atom. The van der Waals surface area contributed by atoms with Crippen LogP contribution >= 0.6 is 0 Å². The highest BCUT2D eigenvalue weighted by Crippen LogP contribution is 2.31. The van der Waals surface area contributed by atoms with Gasteiger partial charge in [0.05, 0.1) is 57.9 Å². The van der Waals surface area contributed by atoms with E-state index in [1.807, 2.05) is 59.7 Å². The molecule has 0 bridgehead atoms. The Kier molecular flexibility index (Phi) is 23.0. The Hall–Kier alpha value is -6.83. The molecule has 0 atom stereocenters. The Bertz CT molecular complexity index is 3280. The minimum Gasteiger partial charge on any atom is -0.451 e. The molecule has 6 aromatic rings. The molecule has 0 spiro atoms. The average Bonchev–Trinajstić information content (AvgIpc) is 4.17. The van der Waals surface area contributed by atoms with E-state index in [0.717, 1.165) is 34.2 Å². The van der Waals surface area contributed by atoms with E-state index in [-0.39, 0.29) is 65.9 Å². The fourth-order valence-corrected chi connectivity index (χ4v) is 7.83. The molecule has 1 aromatic carbocycles. The summed E-state index contributed by atoms with van der Waals surface area (Å²) in [4.78, 5) is 38.7. The summed E-state index contributed by atoms with van der Waals surface area (Å²) in [5.41, 5.74) is 8.76. The second kappa shape index (κ2) is 26.4. The molecule has 11 N–H and O–H groups in total. The molecular weight excluding hydrogens is 1100 g/mol. The Labute approximate surface area is 491 Å². The summed E-state index contributed by atoms with van der Waals surface area (Å²) in [5.74, 6) is 1.32. The van der Waals surface area contributed by atoms with Crippen molar-refractivity contribution in [3.63, 3.8) is 0 Å². The van der Waals surface area contributed by atoms with Crippen molar-refractivity contribution in [2.24, 2.45) is 5.14 Å². The van der Waals surface area contributed by atoms with E-state index < -0.39 is 37.3 Å². The summed E-state index contributed by atoms with van der Waals surface area (Å²) in [7, 11) is -7.86. The molecule has 22 nitrogen and oxygen atoms in total. The number of primary sulfonamides is 1. The molecule has 5 aromatic heterocycles. The van der Waals surface area contributed by atoms with E-state index in [9.17, 15) is 31.8 Å². The van der Waals surface area contributed by atoms with E-state index in [1.54, 1.807) is 24.3 Å². The number of aromatic nitrogens is 6. The Morgan fingerprint density at radius 1 is 0.518 bits per heavy atom. The third-order valence-corrected chi connectivity index (χ3v) is 13.6.